The van der Waals surface area contributed by atoms with Gasteiger partial charge >= 0.3 is 0 Å². The molecule has 19 heavy (non-hydrogen) atoms. The van der Waals surface area contributed by atoms with E-state index >= 15 is 0 Å². The van der Waals surface area contributed by atoms with Crippen LogP contribution in [0.4, 0.5) is 5.69 Å². The average molecular weight is 278 g/mol. The van der Waals surface area contributed by atoms with E-state index in [0.717, 1.165) is 0 Å². The Kier molecular flexibility index (Phi) is 3.31. The molecule has 0 saturated carbocycles. The monoisotopic (exact) mass is 277 g/mol. The molecule has 0 aliphatic heterocycles. The molecule has 0 bridgehead atoms. The van der Waals surface area contributed by atoms with Crippen molar-refractivity contribution in [1.82, 2.24) is 4.98 Å². The topological polar surface area (TPSA) is 102 Å². The van der Waals surface area contributed by atoms with Crippen LogP contribution in [0.2, 0.25) is 5.02 Å². The molecule has 5 N–H and O–H groups in total. The number of benzene rings is 1. The molecular weight excluding hydrogens is 266 g/mol. The fourth-order valence-corrected chi connectivity index (χ4v) is 1.92. The van der Waals surface area contributed by atoms with Crippen molar-refractivity contribution in [2.24, 2.45) is 5.73 Å². The van der Waals surface area contributed by atoms with Crippen molar-refractivity contribution in [3.8, 4) is 17.0 Å². The number of halogens is 1. The number of hydrogen-bond donors (Lipinski definition) is 3. The lowest BCUT2D eigenvalue weighted by Crippen LogP contribution is -2.14. The predicted molar refractivity (Wildman–Crippen MR) is 74.0 cm³/mol. The Morgan fingerprint density at radius 3 is 2.63 bits per heavy atom. The van der Waals surface area contributed by atoms with E-state index in [4.69, 9.17) is 23.1 Å². The van der Waals surface area contributed by atoms with Crippen molar-refractivity contribution < 1.29 is 9.90 Å². The molecule has 0 spiro atoms. The Morgan fingerprint density at radius 2 is 2.11 bits per heavy atom. The van der Waals surface area contributed by atoms with Crippen molar-refractivity contribution in [3.63, 3.8) is 0 Å². The molecule has 0 radical (unpaired) electrons. The second kappa shape index (κ2) is 4.78. The van der Waals surface area contributed by atoms with Gasteiger partial charge in [-0.25, -0.2) is 0 Å². The highest BCUT2D eigenvalue weighted by Crippen LogP contribution is 2.38. The Labute approximate surface area is 114 Å². The Bertz CT molecular complexity index is 654. The van der Waals surface area contributed by atoms with Crippen LogP contribution in [0.15, 0.2) is 24.4 Å². The summed E-state index contributed by atoms with van der Waals surface area (Å²) in [6, 6.07) is 4.68. The second-order valence-electron chi connectivity index (χ2n) is 4.10. The molecule has 0 fully saturated rings. The number of pyridine rings is 1. The standard InChI is InChI=1S/C13H12ClN3O2/c1-6-4-8(13(16)19)11(15)10(12(6)18)9-3-2-7(14)5-17-9/h2-5,18H,15H2,1H3,(H2,16,19). The highest BCUT2D eigenvalue weighted by molar-refractivity contribution is 6.30. The van der Waals surface area contributed by atoms with Gasteiger partial charge in [0.2, 0.25) is 0 Å². The number of nitrogen functional groups attached to an aromatic ring is 1. The van der Waals surface area contributed by atoms with Crippen LogP contribution in [0.5, 0.6) is 5.75 Å². The zero-order chi connectivity index (χ0) is 14.2. The van der Waals surface area contributed by atoms with Gasteiger partial charge in [0, 0.05) is 6.20 Å². The van der Waals surface area contributed by atoms with E-state index in [1.54, 1.807) is 19.1 Å². The summed E-state index contributed by atoms with van der Waals surface area (Å²) in [6.07, 6.45) is 1.43. The third kappa shape index (κ3) is 2.32. The quantitative estimate of drug-likeness (QED) is 0.731. The van der Waals surface area contributed by atoms with Crippen molar-refractivity contribution >= 4 is 23.2 Å². The molecule has 5 nitrogen and oxygen atoms in total. The molecule has 1 aromatic carbocycles. The van der Waals surface area contributed by atoms with E-state index in [-0.39, 0.29) is 22.6 Å². The van der Waals surface area contributed by atoms with Crippen molar-refractivity contribution in [2.75, 3.05) is 5.73 Å². The van der Waals surface area contributed by atoms with Gasteiger partial charge in [-0.1, -0.05) is 11.6 Å². The van der Waals surface area contributed by atoms with Gasteiger partial charge in [0.15, 0.2) is 0 Å². The number of hydrogen-bond acceptors (Lipinski definition) is 4. The minimum Gasteiger partial charge on any atom is -0.507 e. The molecule has 0 aliphatic rings. The Hall–Kier alpha value is -2.27. The van der Waals surface area contributed by atoms with Crippen molar-refractivity contribution in [2.45, 2.75) is 6.92 Å². The Morgan fingerprint density at radius 1 is 1.42 bits per heavy atom. The van der Waals surface area contributed by atoms with Crippen LogP contribution < -0.4 is 11.5 Å². The molecule has 2 aromatic rings. The Balaban J connectivity index is 2.75. The van der Waals surface area contributed by atoms with E-state index < -0.39 is 5.91 Å². The van der Waals surface area contributed by atoms with Crippen LogP contribution in [-0.4, -0.2) is 16.0 Å². The molecule has 0 atom stereocenters. The maximum absolute atomic E-state index is 11.3. The normalized spacial score (nSPS) is 10.4. The molecule has 1 heterocycles. The number of carbonyl (C=O) groups excluding carboxylic acids is 1. The first kappa shape index (κ1) is 13.2. The summed E-state index contributed by atoms with van der Waals surface area (Å²) >= 11 is 5.76. The largest absolute Gasteiger partial charge is 0.507 e. The number of nitrogens with two attached hydrogens (primary N) is 2. The van der Waals surface area contributed by atoms with Gasteiger partial charge in [-0.2, -0.15) is 0 Å². The molecule has 1 amide bonds. The van der Waals surface area contributed by atoms with Crippen LogP contribution >= 0.6 is 11.6 Å². The van der Waals surface area contributed by atoms with Crippen molar-refractivity contribution in [3.05, 3.63) is 40.5 Å². The summed E-state index contributed by atoms with van der Waals surface area (Å²) in [5, 5.41) is 10.6. The van der Waals surface area contributed by atoms with E-state index in [9.17, 15) is 9.90 Å². The lowest BCUT2D eigenvalue weighted by molar-refractivity contribution is 0.100. The highest BCUT2D eigenvalue weighted by atomic mass is 35.5. The van der Waals surface area contributed by atoms with E-state index in [1.165, 1.54) is 12.3 Å². The zero-order valence-electron chi connectivity index (χ0n) is 10.1. The number of aromatic nitrogens is 1. The van der Waals surface area contributed by atoms with Gasteiger partial charge in [0.25, 0.3) is 5.91 Å². The van der Waals surface area contributed by atoms with Crippen LogP contribution in [-0.2, 0) is 0 Å². The van der Waals surface area contributed by atoms with E-state index in [0.29, 0.717) is 16.3 Å². The lowest BCUT2D eigenvalue weighted by Gasteiger charge is -2.13. The zero-order valence-corrected chi connectivity index (χ0v) is 10.9. The number of phenols is 1. The van der Waals surface area contributed by atoms with Gasteiger partial charge in [-0.15, -0.1) is 0 Å². The minimum absolute atomic E-state index is 0.0303. The number of primary amides is 1. The summed E-state index contributed by atoms with van der Waals surface area (Å²) in [6.45, 7) is 1.65. The first-order valence-electron chi connectivity index (χ1n) is 5.45. The minimum atomic E-state index is -0.657. The van der Waals surface area contributed by atoms with Gasteiger partial charge in [0.05, 0.1) is 27.5 Å². The summed E-state index contributed by atoms with van der Waals surface area (Å²) < 4.78 is 0. The number of carbonyl (C=O) groups is 1. The highest BCUT2D eigenvalue weighted by Gasteiger charge is 2.18. The molecule has 2 rings (SSSR count). The van der Waals surface area contributed by atoms with E-state index in [1.807, 2.05) is 0 Å². The van der Waals surface area contributed by atoms with Gasteiger partial charge < -0.3 is 16.6 Å². The number of anilines is 1. The van der Waals surface area contributed by atoms with Crippen LogP contribution in [0.1, 0.15) is 15.9 Å². The summed E-state index contributed by atoms with van der Waals surface area (Å²) in [7, 11) is 0. The van der Waals surface area contributed by atoms with Crippen LogP contribution in [0.25, 0.3) is 11.3 Å². The molecule has 0 aliphatic carbocycles. The van der Waals surface area contributed by atoms with Gasteiger partial charge in [0.1, 0.15) is 5.75 Å². The first-order chi connectivity index (χ1) is 8.91. The molecule has 98 valence electrons. The summed E-state index contributed by atoms with van der Waals surface area (Å²) in [5.74, 6) is -0.687. The maximum atomic E-state index is 11.3. The maximum Gasteiger partial charge on any atom is 0.250 e. The summed E-state index contributed by atoms with van der Waals surface area (Å²) in [4.78, 5) is 15.4. The number of rotatable bonds is 2. The molecular formula is C13H12ClN3O2. The molecule has 6 heteroatoms. The van der Waals surface area contributed by atoms with Gasteiger partial charge in [-0.05, 0) is 30.7 Å². The van der Waals surface area contributed by atoms with Crippen LogP contribution in [0, 0.1) is 6.92 Å². The van der Waals surface area contributed by atoms with Crippen LogP contribution in [0.3, 0.4) is 0 Å². The predicted octanol–water partition coefficient (Wildman–Crippen LogP) is 2.10. The molecule has 0 saturated heterocycles. The first-order valence-corrected chi connectivity index (χ1v) is 5.83. The fraction of sp³-hybridized carbons (Fsp3) is 0.0769. The van der Waals surface area contributed by atoms with Gasteiger partial charge in [-0.3, -0.25) is 9.78 Å². The van der Waals surface area contributed by atoms with E-state index in [2.05, 4.69) is 4.98 Å². The second-order valence-corrected chi connectivity index (χ2v) is 4.54. The van der Waals surface area contributed by atoms with Crippen molar-refractivity contribution in [1.29, 1.82) is 0 Å². The number of aryl methyl sites for hydroxylation is 1. The fourth-order valence-electron chi connectivity index (χ4n) is 1.81. The number of nitrogens with zero attached hydrogens (tertiary/aromatic N) is 1. The SMILES string of the molecule is Cc1cc(C(N)=O)c(N)c(-c2ccc(Cl)cn2)c1O. The number of phenolic OH excluding ortho intramolecular Hbond substituents is 1. The average Bonchev–Trinajstić information content (AvgIpc) is 2.36. The lowest BCUT2D eigenvalue weighted by atomic mass is 9.98. The number of aromatic hydroxyl groups is 1. The smallest absolute Gasteiger partial charge is 0.250 e. The summed E-state index contributed by atoms with van der Waals surface area (Å²) in [5.41, 5.74) is 12.6. The number of amides is 1. The third-order valence-corrected chi connectivity index (χ3v) is 3.00. The molecule has 0 unspecified atom stereocenters. The third-order valence-electron chi connectivity index (χ3n) is 2.78. The molecule has 1 aromatic heterocycles.